The average Bonchev–Trinajstić information content (AvgIpc) is 3.05. The van der Waals surface area contributed by atoms with Crippen molar-refractivity contribution >= 4 is 17.7 Å². The molecule has 1 aromatic rings. The highest BCUT2D eigenvalue weighted by Gasteiger charge is 2.40. The molecule has 5 rings (SSSR count). The van der Waals surface area contributed by atoms with Crippen LogP contribution in [0.4, 0.5) is 0 Å². The van der Waals surface area contributed by atoms with Crippen LogP contribution in [0.3, 0.4) is 0 Å². The number of imide groups is 1. The van der Waals surface area contributed by atoms with E-state index in [1.54, 1.807) is 4.90 Å². The minimum absolute atomic E-state index is 0.0701. The Labute approximate surface area is 170 Å². The Morgan fingerprint density at radius 2 is 2.00 bits per heavy atom. The number of benzene rings is 1. The summed E-state index contributed by atoms with van der Waals surface area (Å²) in [4.78, 5) is 41.1. The first-order valence-corrected chi connectivity index (χ1v) is 10.8. The lowest BCUT2D eigenvalue weighted by Gasteiger charge is -2.42. The second-order valence-corrected chi connectivity index (χ2v) is 8.84. The van der Waals surface area contributed by atoms with Crippen LogP contribution in [0.1, 0.15) is 53.6 Å². The van der Waals surface area contributed by atoms with E-state index in [0.29, 0.717) is 24.9 Å². The highest BCUT2D eigenvalue weighted by atomic mass is 16.2. The monoisotopic (exact) mass is 396 g/mol. The fourth-order valence-corrected chi connectivity index (χ4v) is 5.53. The Balaban J connectivity index is 1.32. The lowest BCUT2D eigenvalue weighted by molar-refractivity contribution is -0.136. The van der Waals surface area contributed by atoms with Gasteiger partial charge in [-0.2, -0.15) is 0 Å². The van der Waals surface area contributed by atoms with Gasteiger partial charge in [-0.25, -0.2) is 0 Å². The minimum Gasteiger partial charge on any atom is -0.322 e. The van der Waals surface area contributed by atoms with E-state index in [9.17, 15) is 14.4 Å². The molecule has 7 heteroatoms. The number of fused-ring (bicyclic) bond motifs is 2. The molecule has 0 saturated carbocycles. The van der Waals surface area contributed by atoms with Gasteiger partial charge in [0.25, 0.3) is 5.91 Å². The van der Waals surface area contributed by atoms with E-state index in [-0.39, 0.29) is 24.1 Å². The molecule has 4 aliphatic heterocycles. The number of carbonyl (C=O) groups excluding carboxylic acids is 3. The van der Waals surface area contributed by atoms with Crippen molar-refractivity contribution in [2.45, 2.75) is 57.3 Å². The number of piperidine rings is 3. The molecule has 3 amide bonds. The molecular weight excluding hydrogens is 368 g/mol. The Kier molecular flexibility index (Phi) is 4.87. The minimum atomic E-state index is -0.551. The van der Waals surface area contributed by atoms with Crippen LogP contribution in [0, 0.1) is 5.92 Å². The molecule has 0 bridgehead atoms. The number of nitrogens with zero attached hydrogens (tertiary/aromatic N) is 2. The van der Waals surface area contributed by atoms with Crippen LogP contribution in [0.15, 0.2) is 18.2 Å². The van der Waals surface area contributed by atoms with Crippen molar-refractivity contribution < 1.29 is 14.4 Å². The van der Waals surface area contributed by atoms with Crippen molar-refractivity contribution in [1.29, 1.82) is 0 Å². The first kappa shape index (κ1) is 18.8. The molecular formula is C22H28N4O3. The van der Waals surface area contributed by atoms with Crippen LogP contribution < -0.4 is 10.6 Å². The smallest absolute Gasteiger partial charge is 0.255 e. The van der Waals surface area contributed by atoms with Gasteiger partial charge in [-0.3, -0.25) is 24.6 Å². The van der Waals surface area contributed by atoms with Gasteiger partial charge in [0.1, 0.15) is 6.04 Å². The van der Waals surface area contributed by atoms with Gasteiger partial charge in [-0.1, -0.05) is 18.2 Å². The normalized spacial score (nSPS) is 30.1. The molecule has 7 nitrogen and oxygen atoms in total. The number of rotatable bonds is 3. The number of nitrogens with one attached hydrogen (secondary N) is 2. The molecule has 1 aromatic carbocycles. The molecule has 3 saturated heterocycles. The maximum atomic E-state index is 13.2. The summed E-state index contributed by atoms with van der Waals surface area (Å²) >= 11 is 0. The van der Waals surface area contributed by atoms with Crippen molar-refractivity contribution in [3.05, 3.63) is 34.9 Å². The molecule has 0 aliphatic carbocycles. The summed E-state index contributed by atoms with van der Waals surface area (Å²) < 4.78 is 0. The van der Waals surface area contributed by atoms with Crippen LogP contribution in [0.5, 0.6) is 0 Å². The van der Waals surface area contributed by atoms with Crippen LogP contribution in [0.2, 0.25) is 0 Å². The zero-order chi connectivity index (χ0) is 20.0. The molecule has 154 valence electrons. The number of hydrogen-bond donors (Lipinski definition) is 2. The molecule has 4 heterocycles. The quantitative estimate of drug-likeness (QED) is 0.746. The summed E-state index contributed by atoms with van der Waals surface area (Å²) in [6.45, 7) is 4.48. The van der Waals surface area contributed by atoms with E-state index in [4.69, 9.17) is 0 Å². The lowest BCUT2D eigenvalue weighted by Crippen LogP contribution is -2.52. The van der Waals surface area contributed by atoms with Gasteiger partial charge in [0.05, 0.1) is 0 Å². The molecule has 0 spiro atoms. The molecule has 3 unspecified atom stereocenters. The third-order valence-electron chi connectivity index (χ3n) is 7.01. The van der Waals surface area contributed by atoms with Gasteiger partial charge in [0.2, 0.25) is 11.8 Å². The molecule has 0 aromatic heterocycles. The fraction of sp³-hybridized carbons (Fsp3) is 0.591. The third-order valence-corrected chi connectivity index (χ3v) is 7.01. The van der Waals surface area contributed by atoms with Crippen LogP contribution in [-0.4, -0.2) is 59.2 Å². The van der Waals surface area contributed by atoms with Gasteiger partial charge in [-0.05, 0) is 55.8 Å². The van der Waals surface area contributed by atoms with Crippen molar-refractivity contribution in [2.75, 3.05) is 19.6 Å². The largest absolute Gasteiger partial charge is 0.322 e. The molecule has 4 aliphatic rings. The van der Waals surface area contributed by atoms with E-state index in [2.05, 4.69) is 21.6 Å². The van der Waals surface area contributed by atoms with Gasteiger partial charge in [0, 0.05) is 37.7 Å². The Morgan fingerprint density at radius 1 is 1.10 bits per heavy atom. The summed E-state index contributed by atoms with van der Waals surface area (Å²) in [5.74, 6) is 0.0248. The molecule has 3 atom stereocenters. The van der Waals surface area contributed by atoms with Gasteiger partial charge >= 0.3 is 0 Å². The van der Waals surface area contributed by atoms with Crippen molar-refractivity contribution in [1.82, 2.24) is 20.4 Å². The zero-order valence-corrected chi connectivity index (χ0v) is 16.7. The van der Waals surface area contributed by atoms with Crippen molar-refractivity contribution in [2.24, 2.45) is 5.92 Å². The summed E-state index contributed by atoms with van der Waals surface area (Å²) in [7, 11) is 0. The second-order valence-electron chi connectivity index (χ2n) is 8.84. The summed E-state index contributed by atoms with van der Waals surface area (Å²) in [6, 6.07) is 6.15. The number of likely N-dealkylation sites (tertiary alicyclic amines) is 1. The molecule has 3 fully saturated rings. The van der Waals surface area contributed by atoms with Crippen molar-refractivity contribution in [3.63, 3.8) is 0 Å². The molecule has 0 radical (unpaired) electrons. The Hall–Kier alpha value is -2.25. The lowest BCUT2D eigenvalue weighted by atomic mass is 9.85. The Morgan fingerprint density at radius 3 is 2.86 bits per heavy atom. The Bertz CT molecular complexity index is 854. The van der Waals surface area contributed by atoms with Gasteiger partial charge in [-0.15, -0.1) is 0 Å². The van der Waals surface area contributed by atoms with Gasteiger partial charge < -0.3 is 10.2 Å². The predicted octanol–water partition coefficient (Wildman–Crippen LogP) is 1.02. The topological polar surface area (TPSA) is 81.8 Å². The van der Waals surface area contributed by atoms with Crippen LogP contribution in [-0.2, 0) is 22.7 Å². The average molecular weight is 396 g/mol. The SMILES string of the molecule is O=C1CCC(N2Cc3cccc(CN4CCC5NCCCC5C4)c3C2=O)C(=O)N1. The predicted molar refractivity (Wildman–Crippen MR) is 107 cm³/mol. The summed E-state index contributed by atoms with van der Waals surface area (Å²) in [5.41, 5.74) is 2.82. The first-order chi connectivity index (χ1) is 14.1. The first-order valence-electron chi connectivity index (χ1n) is 10.8. The molecule has 2 N–H and O–H groups in total. The second kappa shape index (κ2) is 7.54. The van der Waals surface area contributed by atoms with Crippen LogP contribution in [0.25, 0.3) is 0 Å². The standard InChI is InChI=1S/C22H28N4O3/c27-19-7-6-18(21(28)24-19)26-13-16-4-1-3-15(20(16)22(26)29)12-25-10-8-17-14(11-25)5-2-9-23-17/h1,3-4,14,17-18,23H,2,5-13H2,(H,24,27,28). The third kappa shape index (κ3) is 3.46. The molecule has 29 heavy (non-hydrogen) atoms. The van der Waals surface area contributed by atoms with Gasteiger partial charge in [0.15, 0.2) is 0 Å². The zero-order valence-electron chi connectivity index (χ0n) is 16.7. The highest BCUT2D eigenvalue weighted by molar-refractivity contribution is 6.05. The fourth-order valence-electron chi connectivity index (χ4n) is 5.53. The van der Waals surface area contributed by atoms with E-state index >= 15 is 0 Å². The maximum Gasteiger partial charge on any atom is 0.255 e. The van der Waals surface area contributed by atoms with E-state index < -0.39 is 6.04 Å². The summed E-state index contributed by atoms with van der Waals surface area (Å²) in [6.07, 6.45) is 4.38. The van der Waals surface area contributed by atoms with E-state index in [1.807, 2.05) is 12.1 Å². The summed E-state index contributed by atoms with van der Waals surface area (Å²) in [5, 5.41) is 6.03. The highest BCUT2D eigenvalue weighted by Crippen LogP contribution is 2.32. The maximum absolute atomic E-state index is 13.2. The van der Waals surface area contributed by atoms with Crippen molar-refractivity contribution in [3.8, 4) is 0 Å². The number of amides is 3. The van der Waals surface area contributed by atoms with E-state index in [0.717, 1.165) is 49.3 Å². The van der Waals surface area contributed by atoms with Crippen LogP contribution >= 0.6 is 0 Å². The van der Waals surface area contributed by atoms with E-state index in [1.165, 1.54) is 12.8 Å². The number of carbonyl (C=O) groups is 3. The number of hydrogen-bond acceptors (Lipinski definition) is 5.